The fourth-order valence-electron chi connectivity index (χ4n) is 12.4. The first-order valence-electron chi connectivity index (χ1n) is 44.2. The minimum absolute atomic E-state index is 0.0329. The minimum Gasteiger partial charge on any atom is -0.756 e. The van der Waals surface area contributed by atoms with Crippen molar-refractivity contribution in [2.75, 3.05) is 47.5 Å². The van der Waals surface area contributed by atoms with Gasteiger partial charge in [0.25, 0.3) is 7.82 Å². The lowest BCUT2D eigenvalue weighted by atomic mass is 10.0. The van der Waals surface area contributed by atoms with E-state index in [1.807, 2.05) is 21.1 Å². The smallest absolute Gasteiger partial charge is 0.306 e. The van der Waals surface area contributed by atoms with Crippen LogP contribution in [0.3, 0.4) is 0 Å². The molecule has 0 aliphatic heterocycles. The number of allylic oxidation sites excluding steroid dienone is 26. The molecule has 0 rings (SSSR count). The molecule has 0 spiro atoms. The zero-order chi connectivity index (χ0) is 76.8. The van der Waals surface area contributed by atoms with Crippen LogP contribution in [0.5, 0.6) is 0 Å². The van der Waals surface area contributed by atoms with Gasteiger partial charge in [0, 0.05) is 12.8 Å². The Morgan fingerprint density at radius 1 is 0.292 bits per heavy atom. The molecule has 0 saturated heterocycles. The van der Waals surface area contributed by atoms with Crippen molar-refractivity contribution >= 4 is 19.8 Å². The predicted octanol–water partition coefficient (Wildman–Crippen LogP) is 29.5. The van der Waals surface area contributed by atoms with E-state index in [0.29, 0.717) is 17.4 Å². The van der Waals surface area contributed by atoms with Gasteiger partial charge in [-0.3, -0.25) is 14.2 Å². The van der Waals surface area contributed by atoms with E-state index in [4.69, 9.17) is 18.5 Å². The van der Waals surface area contributed by atoms with E-state index in [9.17, 15) is 19.0 Å². The number of quaternary nitrogens is 1. The van der Waals surface area contributed by atoms with E-state index in [1.54, 1.807) is 0 Å². The highest BCUT2D eigenvalue weighted by Crippen LogP contribution is 2.38. The van der Waals surface area contributed by atoms with Crippen molar-refractivity contribution in [3.63, 3.8) is 0 Å². The van der Waals surface area contributed by atoms with Crippen LogP contribution in [-0.4, -0.2) is 70.0 Å². The minimum atomic E-state index is -4.65. The van der Waals surface area contributed by atoms with Crippen LogP contribution in [-0.2, 0) is 32.7 Å². The van der Waals surface area contributed by atoms with Crippen molar-refractivity contribution < 1.29 is 42.1 Å². The zero-order valence-corrected chi connectivity index (χ0v) is 70.5. The lowest BCUT2D eigenvalue weighted by Gasteiger charge is -2.28. The Kier molecular flexibility index (Phi) is 81.2. The van der Waals surface area contributed by atoms with Gasteiger partial charge in [0.1, 0.15) is 19.8 Å². The topological polar surface area (TPSA) is 111 Å². The van der Waals surface area contributed by atoms with Gasteiger partial charge in [-0.1, -0.05) is 409 Å². The van der Waals surface area contributed by atoms with Crippen molar-refractivity contribution in [2.24, 2.45) is 0 Å². The van der Waals surface area contributed by atoms with Crippen LogP contribution in [0.4, 0.5) is 0 Å². The molecule has 0 bridgehead atoms. The second kappa shape index (κ2) is 84.6. The standard InChI is InChI=1S/C96H166NO8P/c1-6-8-10-12-14-16-18-20-22-24-26-28-30-32-34-36-38-40-42-44-46-48-50-52-54-56-58-60-62-64-66-68-70-72-74-76-78-80-82-84-86-88-95(98)102-92-94(93-104-106(100,101)103-91-90-97(3,4)5)105-96(99)89-87-85-83-81-79-77-75-73-71-69-67-65-63-61-59-57-55-53-51-49-47-45-43-41-39-37-35-33-31-29-27-25-23-21-19-17-15-13-11-9-7-2/h8-11,14-17,20-23,26-29,32-35,38-41,45,47,94H,6-7,12-13,18-19,24-25,30-31,36-37,42-44,46,48-93H2,1-5H3/b10-8-,11-9-,16-14-,17-15-,22-20-,23-21-,28-26-,29-27-,34-32-,35-33-,40-38-,41-39-,47-45-. The Morgan fingerprint density at radius 2 is 0.509 bits per heavy atom. The summed E-state index contributed by atoms with van der Waals surface area (Å²) in [5.74, 6) is -0.819. The lowest BCUT2D eigenvalue weighted by Crippen LogP contribution is -2.37. The Bertz CT molecular complexity index is 2360. The van der Waals surface area contributed by atoms with Crippen LogP contribution in [0, 0.1) is 0 Å². The molecular formula is C96H166NO8P. The zero-order valence-electron chi connectivity index (χ0n) is 69.6. The monoisotopic (exact) mass is 1490 g/mol. The number of carbonyl (C=O) groups excluding carboxylic acids is 2. The summed E-state index contributed by atoms with van der Waals surface area (Å²) in [6.45, 7) is 4.05. The molecular weight excluding hydrogens is 1330 g/mol. The van der Waals surface area contributed by atoms with E-state index in [-0.39, 0.29) is 32.0 Å². The molecule has 0 amide bonds. The van der Waals surface area contributed by atoms with Gasteiger partial charge in [0.05, 0.1) is 27.7 Å². The summed E-state index contributed by atoms with van der Waals surface area (Å²) in [6.07, 6.45) is 127. The normalized spacial score (nSPS) is 13.8. The maximum Gasteiger partial charge on any atom is 0.306 e. The molecule has 10 heteroatoms. The highest BCUT2D eigenvalue weighted by atomic mass is 31.2. The number of likely N-dealkylation sites (N-methyl/N-ethyl adjacent to an activating group) is 1. The third kappa shape index (κ3) is 88.5. The van der Waals surface area contributed by atoms with E-state index in [1.165, 1.54) is 231 Å². The third-order valence-electron chi connectivity index (χ3n) is 19.0. The fraction of sp³-hybridized carbons (Fsp3) is 0.708. The van der Waals surface area contributed by atoms with Gasteiger partial charge < -0.3 is 27.9 Å². The predicted molar refractivity (Wildman–Crippen MR) is 461 cm³/mol. The first-order valence-corrected chi connectivity index (χ1v) is 45.7. The summed E-state index contributed by atoms with van der Waals surface area (Å²) >= 11 is 0. The SMILES string of the molecule is CC/C=C\C/C=C\C/C=C\C/C=C\C/C=C\C/C=C\C/C=C\CCCCCCCCCCCCCCCCCCCCCC(=O)OC(COC(=O)CCCCCCCCCCCCCCCCCCCCCCCC/C=C\C/C=C\C/C=C\C/C=C\C/C=C\C/C=C\CC)COP(=O)([O-])OCC[N+](C)(C)C. The van der Waals surface area contributed by atoms with Gasteiger partial charge in [-0.05, 0) is 122 Å². The van der Waals surface area contributed by atoms with Crippen LogP contribution in [0.15, 0.2) is 158 Å². The van der Waals surface area contributed by atoms with Crippen molar-refractivity contribution in [3.05, 3.63) is 158 Å². The maximum absolute atomic E-state index is 12.9. The van der Waals surface area contributed by atoms with Gasteiger partial charge in [-0.2, -0.15) is 0 Å². The maximum atomic E-state index is 12.9. The molecule has 0 radical (unpaired) electrons. The van der Waals surface area contributed by atoms with Crippen LogP contribution < -0.4 is 4.89 Å². The summed E-state index contributed by atoms with van der Waals surface area (Å²) in [4.78, 5) is 38.3. The average Bonchev–Trinajstić information content (AvgIpc) is 0.908. The number of rotatable bonds is 81. The van der Waals surface area contributed by atoms with E-state index >= 15 is 0 Å². The molecule has 0 aliphatic carbocycles. The number of nitrogens with zero attached hydrogens (tertiary/aromatic N) is 1. The van der Waals surface area contributed by atoms with Gasteiger partial charge in [0.2, 0.25) is 0 Å². The number of carbonyl (C=O) groups is 2. The number of ether oxygens (including phenoxy) is 2. The molecule has 0 N–H and O–H groups in total. The Labute approximate surface area is 656 Å². The number of phosphoric acid groups is 1. The molecule has 0 aliphatic rings. The van der Waals surface area contributed by atoms with Gasteiger partial charge in [-0.15, -0.1) is 0 Å². The quantitative estimate of drug-likeness (QED) is 0.0195. The summed E-state index contributed by atoms with van der Waals surface area (Å²) in [5.41, 5.74) is 0. The molecule has 9 nitrogen and oxygen atoms in total. The first-order chi connectivity index (χ1) is 52.0. The van der Waals surface area contributed by atoms with E-state index in [2.05, 4.69) is 172 Å². The molecule has 608 valence electrons. The van der Waals surface area contributed by atoms with E-state index < -0.39 is 26.5 Å². The number of hydrogen-bond donors (Lipinski definition) is 0. The van der Waals surface area contributed by atoms with E-state index in [0.717, 1.165) is 122 Å². The Morgan fingerprint density at radius 3 is 0.755 bits per heavy atom. The average molecular weight is 1490 g/mol. The van der Waals surface area contributed by atoms with Crippen LogP contribution in [0.1, 0.15) is 386 Å². The third-order valence-corrected chi connectivity index (χ3v) is 20.0. The first kappa shape index (κ1) is 102. The molecule has 0 aromatic rings. The van der Waals surface area contributed by atoms with Gasteiger partial charge in [-0.25, -0.2) is 0 Å². The molecule has 106 heavy (non-hydrogen) atoms. The van der Waals surface area contributed by atoms with Crippen molar-refractivity contribution in [1.82, 2.24) is 0 Å². The number of hydrogen-bond acceptors (Lipinski definition) is 8. The summed E-state index contributed by atoms with van der Waals surface area (Å²) < 4.78 is 34.5. The number of phosphoric ester groups is 1. The number of esters is 2. The van der Waals surface area contributed by atoms with Gasteiger partial charge in [0.15, 0.2) is 6.10 Å². The summed E-state index contributed by atoms with van der Waals surface area (Å²) in [5, 5.41) is 0. The Hall–Kier alpha value is -4.37. The molecule has 0 fully saturated rings. The van der Waals surface area contributed by atoms with Crippen molar-refractivity contribution in [2.45, 2.75) is 392 Å². The van der Waals surface area contributed by atoms with Crippen LogP contribution in [0.2, 0.25) is 0 Å². The Balaban J connectivity index is 3.91. The second-order valence-electron chi connectivity index (χ2n) is 30.5. The molecule has 0 heterocycles. The van der Waals surface area contributed by atoms with Crippen LogP contribution >= 0.6 is 7.82 Å². The van der Waals surface area contributed by atoms with Crippen LogP contribution in [0.25, 0.3) is 0 Å². The fourth-order valence-corrected chi connectivity index (χ4v) is 13.1. The van der Waals surface area contributed by atoms with Crippen molar-refractivity contribution in [3.8, 4) is 0 Å². The molecule has 0 aromatic carbocycles. The largest absolute Gasteiger partial charge is 0.756 e. The highest BCUT2D eigenvalue weighted by Gasteiger charge is 2.22. The van der Waals surface area contributed by atoms with Crippen molar-refractivity contribution in [1.29, 1.82) is 0 Å². The number of unbranched alkanes of at least 4 members (excludes halogenated alkanes) is 41. The summed E-state index contributed by atoms with van der Waals surface area (Å²) in [6, 6.07) is 0. The molecule has 2 unspecified atom stereocenters. The highest BCUT2D eigenvalue weighted by molar-refractivity contribution is 7.45. The van der Waals surface area contributed by atoms with Gasteiger partial charge >= 0.3 is 11.9 Å². The molecule has 0 saturated carbocycles. The summed E-state index contributed by atoms with van der Waals surface area (Å²) in [7, 11) is 1.17. The second-order valence-corrected chi connectivity index (χ2v) is 31.9. The molecule has 2 atom stereocenters. The lowest BCUT2D eigenvalue weighted by molar-refractivity contribution is -0.870. The molecule has 0 aromatic heterocycles.